The highest BCUT2D eigenvalue weighted by Gasteiger charge is 2.40. The van der Waals surface area contributed by atoms with Crippen LogP contribution in [0.2, 0.25) is 0 Å². The van der Waals surface area contributed by atoms with Crippen LogP contribution in [0.4, 0.5) is 0 Å². The van der Waals surface area contributed by atoms with E-state index in [4.69, 9.17) is 28.7 Å². The van der Waals surface area contributed by atoms with Crippen LogP contribution >= 0.6 is 11.8 Å². The number of carbonyl (C=O) groups excluding carboxylic acids is 19. The van der Waals surface area contributed by atoms with Crippen molar-refractivity contribution in [2.45, 2.75) is 280 Å². The van der Waals surface area contributed by atoms with Crippen molar-refractivity contribution in [2.75, 3.05) is 57.9 Å². The molecule has 51 heteroatoms. The molecule has 19 amide bonds. The summed E-state index contributed by atoms with van der Waals surface area (Å²) in [5, 5.41) is 84.3. The summed E-state index contributed by atoms with van der Waals surface area (Å²) in [5.41, 5.74) is 31.3. The van der Waals surface area contributed by atoms with Crippen molar-refractivity contribution in [1.82, 2.24) is 106 Å². The zero-order valence-corrected chi connectivity index (χ0v) is 86.4. The molecule has 4 rings (SSSR count). The largest absolute Gasteiger partial charge is 0.481 e. The van der Waals surface area contributed by atoms with E-state index in [1.807, 2.05) is 25.2 Å². The number of amides is 19. The lowest BCUT2D eigenvalue weighted by atomic mass is 9.97. The number of thioether (sulfide) groups is 1. The Hall–Kier alpha value is -14.1. The lowest BCUT2D eigenvalue weighted by Gasteiger charge is -2.29. The number of aliphatic hydroxyl groups is 2. The van der Waals surface area contributed by atoms with Crippen LogP contribution in [0.15, 0.2) is 104 Å². The number of aliphatic hydroxyl groups excluding tert-OH is 2. The number of nitrogens with two attached hydrogens (primary N) is 5. The van der Waals surface area contributed by atoms with Gasteiger partial charge in [-0.2, -0.15) is 11.8 Å². The number of benzene rings is 3. The lowest BCUT2D eigenvalue weighted by Crippen LogP contribution is -2.61. The van der Waals surface area contributed by atoms with Crippen LogP contribution in [0, 0.1) is 17.8 Å². The summed E-state index contributed by atoms with van der Waals surface area (Å²) in [7, 11) is 0. The van der Waals surface area contributed by atoms with Gasteiger partial charge in [-0.25, -0.2) is 9.78 Å². The number of hydrogen-bond acceptors (Lipinski definition) is 29. The van der Waals surface area contributed by atoms with E-state index in [1.165, 1.54) is 38.1 Å². The summed E-state index contributed by atoms with van der Waals surface area (Å²) < 4.78 is 0. The number of rotatable bonds is 72. The van der Waals surface area contributed by atoms with Gasteiger partial charge in [0.05, 0.1) is 50.8 Å². The predicted molar refractivity (Wildman–Crippen MR) is 547 cm³/mol. The number of unbranched alkanes of at least 4 members (excludes halogenated alkanes) is 3. The molecule has 18 atom stereocenters. The quantitative estimate of drug-likeness (QED) is 0.0183. The molecule has 0 fully saturated rings. The monoisotopic (exact) mass is 2110 g/mol. The lowest BCUT2D eigenvalue weighted by molar-refractivity contribution is -0.143. The molecule has 0 aliphatic carbocycles. The molecule has 0 saturated carbocycles. The molecule has 3 aromatic carbocycles. The molecular formula is C98H151N25O25S. The summed E-state index contributed by atoms with van der Waals surface area (Å²) in [4.78, 5) is 297. The first kappa shape index (κ1) is 127. The number of aliphatic carboxylic acids is 2. The number of carboxylic acids is 2. The Morgan fingerprint density at radius 2 is 0.738 bits per heavy atom. The van der Waals surface area contributed by atoms with E-state index in [-0.39, 0.29) is 115 Å². The minimum atomic E-state index is -1.84. The first-order valence-electron chi connectivity index (χ1n) is 49.6. The molecule has 0 saturated heterocycles. The molecule has 824 valence electrons. The molecule has 4 aromatic rings. The van der Waals surface area contributed by atoms with Crippen LogP contribution in [-0.2, 0) is 126 Å². The van der Waals surface area contributed by atoms with Crippen molar-refractivity contribution in [2.24, 2.45) is 46.4 Å². The third-order valence-electron chi connectivity index (χ3n) is 23.7. The summed E-state index contributed by atoms with van der Waals surface area (Å²) in [6.45, 7) is 9.21. The van der Waals surface area contributed by atoms with Crippen molar-refractivity contribution >= 4 is 136 Å². The van der Waals surface area contributed by atoms with E-state index < -0.39 is 284 Å². The number of carbonyl (C=O) groups is 21. The summed E-state index contributed by atoms with van der Waals surface area (Å²) in [6.07, 6.45) is 3.79. The van der Waals surface area contributed by atoms with Gasteiger partial charge in [-0.1, -0.05) is 139 Å². The fourth-order valence-electron chi connectivity index (χ4n) is 15.0. The molecule has 0 aliphatic rings. The fourth-order valence-corrected chi connectivity index (χ4v) is 15.5. The number of nitrogens with one attached hydrogen (secondary N) is 19. The van der Waals surface area contributed by atoms with Gasteiger partial charge in [0.25, 0.3) is 0 Å². The van der Waals surface area contributed by atoms with Gasteiger partial charge in [-0.05, 0) is 163 Å². The van der Waals surface area contributed by atoms with E-state index in [0.717, 1.165) is 5.56 Å². The van der Waals surface area contributed by atoms with Gasteiger partial charge in [-0.3, -0.25) is 95.9 Å². The molecule has 1 heterocycles. The number of aromatic nitrogens is 2. The minimum absolute atomic E-state index is 0.0568. The number of imidazole rings is 1. The molecular weight excluding hydrogens is 1960 g/mol. The number of nitrogens with zero attached hydrogens (tertiary/aromatic N) is 1. The number of primary amides is 1. The Bertz CT molecular complexity index is 5020. The third-order valence-corrected chi connectivity index (χ3v) is 24.4. The summed E-state index contributed by atoms with van der Waals surface area (Å²) >= 11 is 1.25. The molecule has 0 spiro atoms. The summed E-state index contributed by atoms with van der Waals surface area (Å²) in [5.74, 6) is -22.6. The van der Waals surface area contributed by atoms with Crippen molar-refractivity contribution in [1.29, 1.82) is 0 Å². The Kier molecular flexibility index (Phi) is 58.4. The van der Waals surface area contributed by atoms with E-state index in [0.29, 0.717) is 36.1 Å². The van der Waals surface area contributed by atoms with Gasteiger partial charge in [0.2, 0.25) is 112 Å². The number of aromatic amines is 1. The zero-order chi connectivity index (χ0) is 111. The molecule has 0 bridgehead atoms. The number of H-pyrrole nitrogens is 1. The zero-order valence-electron chi connectivity index (χ0n) is 85.6. The molecule has 50 nitrogen and oxygen atoms in total. The maximum Gasteiger partial charge on any atom is 0.328 e. The van der Waals surface area contributed by atoms with E-state index in [1.54, 1.807) is 119 Å². The highest BCUT2D eigenvalue weighted by atomic mass is 32.2. The molecule has 33 N–H and O–H groups in total. The Labute approximate surface area is 868 Å². The van der Waals surface area contributed by atoms with Crippen molar-refractivity contribution < 1.29 is 121 Å². The highest BCUT2D eigenvalue weighted by Crippen LogP contribution is 2.18. The average Bonchev–Trinajstić information content (AvgIpc) is 1.55. The highest BCUT2D eigenvalue weighted by molar-refractivity contribution is 7.98. The maximum absolute atomic E-state index is 14.7. The van der Waals surface area contributed by atoms with Crippen molar-refractivity contribution in [3.05, 3.63) is 126 Å². The van der Waals surface area contributed by atoms with Crippen LogP contribution in [0.25, 0.3) is 0 Å². The van der Waals surface area contributed by atoms with Crippen LogP contribution in [-0.4, -0.2) is 315 Å². The van der Waals surface area contributed by atoms with Crippen LogP contribution in [0.3, 0.4) is 0 Å². The van der Waals surface area contributed by atoms with E-state index >= 15 is 0 Å². The average molecular weight is 2110 g/mol. The normalized spacial score (nSPS) is 14.8. The van der Waals surface area contributed by atoms with Crippen LogP contribution in [0.1, 0.15) is 174 Å². The second kappa shape index (κ2) is 68.4. The van der Waals surface area contributed by atoms with Crippen molar-refractivity contribution in [3.63, 3.8) is 0 Å². The van der Waals surface area contributed by atoms with Gasteiger partial charge in [0, 0.05) is 31.9 Å². The van der Waals surface area contributed by atoms with Gasteiger partial charge < -0.3 is 150 Å². The molecule has 0 radical (unpaired) electrons. The first-order chi connectivity index (χ1) is 70.8. The van der Waals surface area contributed by atoms with Gasteiger partial charge in [0.1, 0.15) is 96.7 Å². The Morgan fingerprint density at radius 3 is 1.18 bits per heavy atom. The third kappa shape index (κ3) is 47.7. The summed E-state index contributed by atoms with van der Waals surface area (Å²) in [6, 6.07) is 0.329. The first-order valence-corrected chi connectivity index (χ1v) is 51.0. The number of hydrogen-bond donors (Lipinski definition) is 28. The maximum atomic E-state index is 14.7. The van der Waals surface area contributed by atoms with E-state index in [2.05, 4.69) is 100 Å². The van der Waals surface area contributed by atoms with Gasteiger partial charge in [0.15, 0.2) is 0 Å². The van der Waals surface area contributed by atoms with Gasteiger partial charge in [-0.15, -0.1) is 0 Å². The molecule has 0 unspecified atom stereocenters. The number of carboxylic acid groups (broad SMARTS) is 2. The van der Waals surface area contributed by atoms with E-state index in [9.17, 15) is 121 Å². The van der Waals surface area contributed by atoms with Crippen molar-refractivity contribution in [3.8, 4) is 0 Å². The van der Waals surface area contributed by atoms with Crippen LogP contribution < -0.4 is 124 Å². The molecule has 0 aliphatic heterocycles. The van der Waals surface area contributed by atoms with Gasteiger partial charge >= 0.3 is 11.9 Å². The minimum Gasteiger partial charge on any atom is -0.481 e. The second-order valence-corrected chi connectivity index (χ2v) is 37.8. The molecule has 149 heavy (non-hydrogen) atoms. The second-order valence-electron chi connectivity index (χ2n) is 36.9. The Morgan fingerprint density at radius 1 is 0.376 bits per heavy atom. The van der Waals surface area contributed by atoms with Crippen LogP contribution in [0.5, 0.6) is 0 Å². The fraction of sp³-hybridized carbons (Fsp3) is 0.571. The smallest absolute Gasteiger partial charge is 0.328 e. The standard InChI is InChI=1S/C98H151N25O25S/c1-10-56(6)81(97(146)114-68(37-41-149-9)89(138)119-73(47-76(103)126)93(142)121-75(52-125)98(147)148)123-90(139)67(35-36-79(129)130)111-78(128)50-106-96(145)80(55(4)5)122-94(143)71(45-61-30-18-13-19-31-61)115-83(132)58(8)108-86(135)64(32-20-23-38-99)110-77(127)49-105-85(134)70(44-60-28-16-12-17-29-60)117-88(137)66(34-22-25-40-101)113-87(136)65(33-21-24-39-100)112-82(131)57(7)109-95(144)74(51-124)120-92(141)72(46-62-48-104-53-107-62)118-91(140)69(42-54(2)3)116-84(133)63(102)43-59-26-14-11-15-27-59/h11-19,26-31,48,53-58,63-75,80-81,124-125H,10,20-25,32-47,49-52,99-102H2,1-9H3,(H2,103,126)(H,104,107)(H,105,134)(H,106,145)(H,108,135)(H,109,144)(H,110,127)(H,111,128)(H,112,131)(H,113,136)(H,114,146)(H,115,132)(H,116,133)(H,117,137)(H,118,140)(H,119,138)(H,120,141)(H,121,142)(H,122,143)(H,123,139)(H,129,130)(H,147,148)/t56-,57-,58-,63-,64-,65-,66-,67-,68-,69-,70-,71-,72-,73-,74-,75-,80-,81-/m0/s1. The topological polar surface area (TPSA) is 815 Å². The SMILES string of the molecule is CC[C@H](C)[C@H](NC(=O)[C@H](CCC(=O)O)NC(=O)CNC(=O)[C@@H](NC(=O)[C@H](Cc1ccccc1)NC(=O)[C@H](C)NC(=O)[C@H](CCCCN)NC(=O)CNC(=O)[C@H](Cc1ccccc1)NC(=O)[C@H](CCCCN)NC(=O)[C@H](CCCCN)NC(=O)[C@H](C)NC(=O)[C@H](CO)NC(=O)[C@H](Cc1c[nH]cn1)NC(=O)[C@H](CC(C)C)NC(=O)[C@@H](N)Cc1ccccc1)C(C)C)C(=O)N[C@@H](CCSC)C(=O)N[C@@H](CC(N)=O)C(=O)N[C@@H](CO)C(=O)O. The Balaban J connectivity index is 1.49. The predicted octanol–water partition coefficient (Wildman–Crippen LogP) is -6.27. The molecule has 1 aromatic heterocycles.